The summed E-state index contributed by atoms with van der Waals surface area (Å²) < 4.78 is 6.92. The van der Waals surface area contributed by atoms with E-state index in [0.717, 1.165) is 57.5 Å². The Kier molecular flexibility index (Phi) is 9.55. The standard InChI is InChI=1S/C29H42N8O5/c1-3-42-28(41)24-17-30-29(33-22-16-31-35(2)18-22)34-25(24)32-21-8-10-23(11-9-21)36-12-14-37(15-13-36)26(38)19-4-6-20(7-5-19)27(39)40/h16-21,23H,3-15H2,1-2H3,(H,39,40)(H2,30,32,33,34). The predicted octanol–water partition coefficient (Wildman–Crippen LogP) is 2.89. The second-order valence-electron chi connectivity index (χ2n) is 11.6. The largest absolute Gasteiger partial charge is 0.481 e. The molecule has 13 heteroatoms. The van der Waals surface area contributed by atoms with Crippen LogP contribution in [0.2, 0.25) is 0 Å². The Morgan fingerprint density at radius 2 is 1.67 bits per heavy atom. The Morgan fingerprint density at radius 1 is 0.976 bits per heavy atom. The molecule has 2 aliphatic carbocycles. The third-order valence-corrected chi connectivity index (χ3v) is 8.85. The Bertz CT molecular complexity index is 1240. The van der Waals surface area contributed by atoms with Crippen LogP contribution in [0.3, 0.4) is 0 Å². The van der Waals surface area contributed by atoms with Crippen molar-refractivity contribution in [2.75, 3.05) is 43.4 Å². The average molecular weight is 583 g/mol. The van der Waals surface area contributed by atoms with Crippen LogP contribution in [0.4, 0.5) is 17.5 Å². The molecule has 5 rings (SSSR count). The van der Waals surface area contributed by atoms with Gasteiger partial charge in [0.15, 0.2) is 0 Å². The molecular weight excluding hydrogens is 540 g/mol. The molecule has 3 aliphatic rings. The second-order valence-corrected chi connectivity index (χ2v) is 11.6. The van der Waals surface area contributed by atoms with E-state index in [-0.39, 0.29) is 30.4 Å². The van der Waals surface area contributed by atoms with E-state index in [4.69, 9.17) is 4.74 Å². The van der Waals surface area contributed by atoms with E-state index in [9.17, 15) is 19.5 Å². The fourth-order valence-electron chi connectivity index (χ4n) is 6.46. The van der Waals surface area contributed by atoms with Crippen LogP contribution >= 0.6 is 0 Å². The second kappa shape index (κ2) is 13.5. The van der Waals surface area contributed by atoms with E-state index in [2.05, 4.69) is 30.6 Å². The van der Waals surface area contributed by atoms with Crippen molar-refractivity contribution >= 4 is 35.3 Å². The van der Waals surface area contributed by atoms with Crippen molar-refractivity contribution in [3.63, 3.8) is 0 Å². The van der Waals surface area contributed by atoms with Crippen molar-refractivity contribution in [1.82, 2.24) is 29.5 Å². The highest BCUT2D eigenvalue weighted by Gasteiger charge is 2.35. The SMILES string of the molecule is CCOC(=O)c1cnc(Nc2cnn(C)c2)nc1NC1CCC(N2CCN(C(=O)C3CCC(C(=O)O)CC3)CC2)CC1. The summed E-state index contributed by atoms with van der Waals surface area (Å²) >= 11 is 0. The van der Waals surface area contributed by atoms with E-state index >= 15 is 0 Å². The molecular formula is C29H42N8O5. The summed E-state index contributed by atoms with van der Waals surface area (Å²) in [5, 5.41) is 20.0. The molecule has 1 aliphatic heterocycles. The zero-order valence-electron chi connectivity index (χ0n) is 24.5. The molecule has 3 N–H and O–H groups in total. The molecule has 3 fully saturated rings. The maximum atomic E-state index is 13.1. The molecule has 0 aromatic carbocycles. The van der Waals surface area contributed by atoms with Crippen LogP contribution in [0, 0.1) is 11.8 Å². The van der Waals surface area contributed by atoms with Gasteiger partial charge in [0.25, 0.3) is 0 Å². The third-order valence-electron chi connectivity index (χ3n) is 8.85. The van der Waals surface area contributed by atoms with Crippen molar-refractivity contribution in [3.05, 3.63) is 24.2 Å². The molecule has 13 nitrogen and oxygen atoms in total. The molecule has 1 saturated heterocycles. The Balaban J connectivity index is 1.12. The summed E-state index contributed by atoms with van der Waals surface area (Å²) in [6.45, 7) is 5.22. The van der Waals surface area contributed by atoms with Gasteiger partial charge in [0, 0.05) is 63.6 Å². The van der Waals surface area contributed by atoms with Gasteiger partial charge in [-0.05, 0) is 58.3 Å². The number of nitrogens with one attached hydrogen (secondary N) is 2. The lowest BCUT2D eigenvalue weighted by Gasteiger charge is -2.43. The van der Waals surface area contributed by atoms with E-state index in [1.165, 1.54) is 6.20 Å². The molecule has 0 radical (unpaired) electrons. The number of aliphatic carboxylic acids is 1. The summed E-state index contributed by atoms with van der Waals surface area (Å²) in [6, 6.07) is 0.628. The summed E-state index contributed by atoms with van der Waals surface area (Å²) in [7, 11) is 1.83. The molecule has 2 aromatic heterocycles. The number of esters is 1. The minimum Gasteiger partial charge on any atom is -0.481 e. The number of hydrogen-bond acceptors (Lipinski definition) is 10. The Hall–Kier alpha value is -3.74. The molecule has 1 amide bonds. The van der Waals surface area contributed by atoms with E-state index in [1.807, 2.05) is 18.1 Å². The van der Waals surface area contributed by atoms with Crippen LogP contribution in [-0.4, -0.2) is 97.4 Å². The lowest BCUT2D eigenvalue weighted by Crippen LogP contribution is -2.54. The number of nitrogens with zero attached hydrogens (tertiary/aromatic N) is 6. The van der Waals surface area contributed by atoms with Gasteiger partial charge in [-0.25, -0.2) is 9.78 Å². The Morgan fingerprint density at radius 3 is 2.29 bits per heavy atom. The number of carboxylic acid groups (broad SMARTS) is 1. The molecule has 2 aromatic rings. The van der Waals surface area contributed by atoms with Crippen LogP contribution in [0.25, 0.3) is 0 Å². The number of carbonyl (C=O) groups excluding carboxylic acids is 2. The third kappa shape index (κ3) is 7.18. The topological polar surface area (TPSA) is 155 Å². The number of anilines is 3. The fraction of sp³-hybridized carbons (Fsp3) is 0.655. The number of hydrogen-bond donors (Lipinski definition) is 3. The number of ether oxygens (including phenoxy) is 1. The Labute approximate surface area is 246 Å². The normalized spacial score (nSPS) is 25.0. The molecule has 0 unspecified atom stereocenters. The lowest BCUT2D eigenvalue weighted by atomic mass is 9.81. The first-order valence-corrected chi connectivity index (χ1v) is 15.1. The van der Waals surface area contributed by atoms with Gasteiger partial charge in [-0.2, -0.15) is 10.1 Å². The number of amides is 1. The summed E-state index contributed by atoms with van der Waals surface area (Å²) in [5.41, 5.74) is 1.06. The molecule has 0 spiro atoms. The van der Waals surface area contributed by atoms with Crippen molar-refractivity contribution in [2.24, 2.45) is 18.9 Å². The summed E-state index contributed by atoms with van der Waals surface area (Å²) in [4.78, 5) is 50.3. The highest BCUT2D eigenvalue weighted by atomic mass is 16.5. The quantitative estimate of drug-likeness (QED) is 0.374. The monoisotopic (exact) mass is 582 g/mol. The van der Waals surface area contributed by atoms with Gasteiger partial charge in [-0.1, -0.05) is 0 Å². The van der Waals surface area contributed by atoms with Gasteiger partial charge in [0.2, 0.25) is 11.9 Å². The molecule has 2 saturated carbocycles. The zero-order chi connectivity index (χ0) is 29.6. The van der Waals surface area contributed by atoms with Gasteiger partial charge < -0.3 is 25.4 Å². The number of aromatic nitrogens is 4. The average Bonchev–Trinajstić information content (AvgIpc) is 3.41. The minimum absolute atomic E-state index is 0.0324. The number of carboxylic acids is 1. The first kappa shape index (κ1) is 29.7. The van der Waals surface area contributed by atoms with Crippen LogP contribution in [0.5, 0.6) is 0 Å². The first-order chi connectivity index (χ1) is 20.3. The number of piperazine rings is 1. The lowest BCUT2D eigenvalue weighted by molar-refractivity contribution is -0.146. The van der Waals surface area contributed by atoms with Crippen molar-refractivity contribution in [1.29, 1.82) is 0 Å². The maximum Gasteiger partial charge on any atom is 0.343 e. The zero-order valence-corrected chi connectivity index (χ0v) is 24.5. The first-order valence-electron chi connectivity index (χ1n) is 15.1. The minimum atomic E-state index is -0.738. The van der Waals surface area contributed by atoms with Gasteiger partial charge in [0.05, 0.1) is 24.4 Å². The summed E-state index contributed by atoms with van der Waals surface area (Å²) in [5.74, 6) is -0.493. The highest BCUT2D eigenvalue weighted by Crippen LogP contribution is 2.32. The van der Waals surface area contributed by atoms with Crippen molar-refractivity contribution < 1.29 is 24.2 Å². The van der Waals surface area contributed by atoms with Gasteiger partial charge >= 0.3 is 11.9 Å². The van der Waals surface area contributed by atoms with Gasteiger partial charge in [-0.3, -0.25) is 19.2 Å². The van der Waals surface area contributed by atoms with Crippen molar-refractivity contribution in [3.8, 4) is 0 Å². The molecule has 42 heavy (non-hydrogen) atoms. The van der Waals surface area contributed by atoms with Crippen LogP contribution in [0.1, 0.15) is 68.6 Å². The van der Waals surface area contributed by atoms with E-state index in [1.54, 1.807) is 17.8 Å². The predicted molar refractivity (Wildman–Crippen MR) is 155 cm³/mol. The van der Waals surface area contributed by atoms with Crippen molar-refractivity contribution in [2.45, 2.75) is 70.4 Å². The van der Waals surface area contributed by atoms with Crippen LogP contribution < -0.4 is 10.6 Å². The molecule has 0 atom stereocenters. The maximum absolute atomic E-state index is 13.1. The van der Waals surface area contributed by atoms with Gasteiger partial charge in [0.1, 0.15) is 11.4 Å². The number of aryl methyl sites for hydroxylation is 1. The summed E-state index contributed by atoms with van der Waals surface area (Å²) in [6.07, 6.45) is 11.5. The molecule has 0 bridgehead atoms. The van der Waals surface area contributed by atoms with Crippen LogP contribution in [-0.2, 0) is 21.4 Å². The smallest absolute Gasteiger partial charge is 0.343 e. The number of carbonyl (C=O) groups is 3. The number of rotatable bonds is 9. The highest BCUT2D eigenvalue weighted by molar-refractivity contribution is 5.94. The van der Waals surface area contributed by atoms with E-state index < -0.39 is 11.9 Å². The molecule has 228 valence electrons. The van der Waals surface area contributed by atoms with Gasteiger partial charge in [-0.15, -0.1) is 0 Å². The fourth-order valence-corrected chi connectivity index (χ4v) is 6.46. The molecule has 3 heterocycles. The van der Waals surface area contributed by atoms with Crippen LogP contribution in [0.15, 0.2) is 18.6 Å². The van der Waals surface area contributed by atoms with E-state index in [0.29, 0.717) is 49.1 Å².